The van der Waals surface area contributed by atoms with E-state index in [-0.39, 0.29) is 22.8 Å². The van der Waals surface area contributed by atoms with Crippen LogP contribution in [0, 0.1) is 5.92 Å². The van der Waals surface area contributed by atoms with E-state index in [0.29, 0.717) is 31.3 Å². The molecule has 2 aromatic rings. The number of fused-ring (bicyclic) bond motifs is 4. The van der Waals surface area contributed by atoms with E-state index in [1.807, 2.05) is 18.2 Å². The highest BCUT2D eigenvalue weighted by Gasteiger charge is 2.31. The molecule has 0 spiro atoms. The Kier molecular flexibility index (Phi) is 4.51. The summed E-state index contributed by atoms with van der Waals surface area (Å²) in [5.74, 6) is 0.728. The molecule has 1 aromatic carbocycles. The van der Waals surface area contributed by atoms with Crippen molar-refractivity contribution in [3.63, 3.8) is 0 Å². The number of pyridine rings is 1. The molecule has 2 atom stereocenters. The van der Waals surface area contributed by atoms with Crippen LogP contribution in [-0.4, -0.2) is 35.2 Å². The summed E-state index contributed by atoms with van der Waals surface area (Å²) in [7, 11) is 0. The predicted molar refractivity (Wildman–Crippen MR) is 98.6 cm³/mol. The number of phenols is 1. The number of nitrogens with zero attached hydrogens (tertiary/aromatic N) is 1. The predicted octanol–water partition coefficient (Wildman–Crippen LogP) is 1.23. The molecule has 3 N–H and O–H groups in total. The van der Waals surface area contributed by atoms with Gasteiger partial charge in [-0.2, -0.15) is 0 Å². The largest absolute Gasteiger partial charge is 0.508 e. The first kappa shape index (κ1) is 16.8. The number of piperidine rings is 1. The van der Waals surface area contributed by atoms with Crippen LogP contribution in [0.1, 0.15) is 34.0 Å². The van der Waals surface area contributed by atoms with Crippen molar-refractivity contribution in [2.75, 3.05) is 19.6 Å². The second kappa shape index (κ2) is 6.96. The van der Waals surface area contributed by atoms with Gasteiger partial charge in [-0.05, 0) is 55.1 Å². The van der Waals surface area contributed by atoms with Crippen LogP contribution in [0.4, 0.5) is 0 Å². The molecule has 1 amide bonds. The van der Waals surface area contributed by atoms with Crippen LogP contribution in [-0.2, 0) is 13.0 Å². The molecule has 1 fully saturated rings. The van der Waals surface area contributed by atoms with E-state index >= 15 is 0 Å². The number of hydrogen-bond donors (Lipinski definition) is 3. The summed E-state index contributed by atoms with van der Waals surface area (Å²) in [5, 5.41) is 15.5. The molecular formula is C20H23N3O3. The van der Waals surface area contributed by atoms with E-state index in [4.69, 9.17) is 0 Å². The van der Waals surface area contributed by atoms with Gasteiger partial charge in [0.15, 0.2) is 0 Å². The highest BCUT2D eigenvalue weighted by atomic mass is 16.3. The first-order valence-corrected chi connectivity index (χ1v) is 9.12. The van der Waals surface area contributed by atoms with Crippen molar-refractivity contribution in [3.8, 4) is 5.75 Å². The van der Waals surface area contributed by atoms with Gasteiger partial charge in [0.1, 0.15) is 11.3 Å². The van der Waals surface area contributed by atoms with Crippen LogP contribution in [0.25, 0.3) is 0 Å². The van der Waals surface area contributed by atoms with E-state index in [0.717, 1.165) is 30.8 Å². The quantitative estimate of drug-likeness (QED) is 0.772. The van der Waals surface area contributed by atoms with E-state index in [2.05, 4.69) is 10.6 Å². The number of rotatable bonds is 4. The Morgan fingerprint density at radius 1 is 1.19 bits per heavy atom. The fourth-order valence-corrected chi connectivity index (χ4v) is 4.04. The molecule has 0 saturated carbocycles. The molecule has 3 heterocycles. The van der Waals surface area contributed by atoms with Gasteiger partial charge in [-0.15, -0.1) is 0 Å². The number of benzene rings is 1. The number of nitrogens with one attached hydrogen (secondary N) is 2. The fourth-order valence-electron chi connectivity index (χ4n) is 4.04. The summed E-state index contributed by atoms with van der Waals surface area (Å²) in [5.41, 5.74) is 2.10. The molecule has 1 saturated heterocycles. The third kappa shape index (κ3) is 3.24. The minimum Gasteiger partial charge on any atom is -0.508 e. The Hall–Kier alpha value is -2.60. The summed E-state index contributed by atoms with van der Waals surface area (Å²) in [6.45, 7) is 2.96. The monoisotopic (exact) mass is 353 g/mol. The van der Waals surface area contributed by atoms with Crippen molar-refractivity contribution in [3.05, 3.63) is 63.6 Å². The van der Waals surface area contributed by atoms with Crippen molar-refractivity contribution in [2.45, 2.75) is 25.3 Å². The Morgan fingerprint density at radius 3 is 2.81 bits per heavy atom. The van der Waals surface area contributed by atoms with Gasteiger partial charge in [-0.3, -0.25) is 9.59 Å². The van der Waals surface area contributed by atoms with Crippen molar-refractivity contribution < 1.29 is 9.90 Å². The minimum absolute atomic E-state index is 0.179. The summed E-state index contributed by atoms with van der Waals surface area (Å²) in [4.78, 5) is 25.3. The second-order valence-electron chi connectivity index (χ2n) is 7.22. The third-order valence-electron chi connectivity index (χ3n) is 5.39. The van der Waals surface area contributed by atoms with Crippen LogP contribution in [0.5, 0.6) is 5.75 Å². The maximum Gasteiger partial charge on any atom is 0.263 e. The fraction of sp³-hybridized carbons (Fsp3) is 0.400. The Morgan fingerprint density at radius 2 is 2.00 bits per heavy atom. The number of hydrogen-bond acceptors (Lipinski definition) is 4. The maximum absolute atomic E-state index is 12.8. The van der Waals surface area contributed by atoms with Crippen molar-refractivity contribution >= 4 is 5.91 Å². The molecule has 1 aromatic heterocycles. The van der Waals surface area contributed by atoms with Gasteiger partial charge in [0, 0.05) is 31.2 Å². The van der Waals surface area contributed by atoms with Gasteiger partial charge >= 0.3 is 0 Å². The summed E-state index contributed by atoms with van der Waals surface area (Å²) in [6, 6.07) is 10.5. The van der Waals surface area contributed by atoms with Crippen LogP contribution in [0.2, 0.25) is 0 Å². The van der Waals surface area contributed by atoms with Crippen molar-refractivity contribution in [1.29, 1.82) is 0 Å². The number of phenolic OH excluding ortho intramolecular Hbond substituents is 1. The first-order valence-electron chi connectivity index (χ1n) is 9.12. The maximum atomic E-state index is 12.8. The van der Waals surface area contributed by atoms with Gasteiger partial charge in [-0.25, -0.2) is 0 Å². The molecular weight excluding hydrogens is 330 g/mol. The van der Waals surface area contributed by atoms with Gasteiger partial charge in [0.25, 0.3) is 11.5 Å². The van der Waals surface area contributed by atoms with E-state index in [1.165, 1.54) is 0 Å². The lowest BCUT2D eigenvalue weighted by atomic mass is 9.84. The summed E-state index contributed by atoms with van der Waals surface area (Å²) < 4.78 is 1.80. The molecule has 2 aliphatic heterocycles. The van der Waals surface area contributed by atoms with Gasteiger partial charge < -0.3 is 20.3 Å². The van der Waals surface area contributed by atoms with Crippen LogP contribution >= 0.6 is 0 Å². The Bertz CT molecular complexity index is 873. The average molecular weight is 353 g/mol. The number of carbonyl (C=O) groups is 1. The van der Waals surface area contributed by atoms with Crippen LogP contribution in [0.3, 0.4) is 0 Å². The zero-order chi connectivity index (χ0) is 18.1. The molecule has 2 bridgehead atoms. The zero-order valence-corrected chi connectivity index (χ0v) is 14.6. The molecule has 4 rings (SSSR count). The third-order valence-corrected chi connectivity index (χ3v) is 5.39. The van der Waals surface area contributed by atoms with Crippen LogP contribution < -0.4 is 16.2 Å². The van der Waals surface area contributed by atoms with E-state index in [1.54, 1.807) is 22.8 Å². The van der Waals surface area contributed by atoms with E-state index in [9.17, 15) is 14.7 Å². The first-order chi connectivity index (χ1) is 12.6. The topological polar surface area (TPSA) is 83.4 Å². The molecule has 0 radical (unpaired) electrons. The molecule has 0 unspecified atom stereocenters. The lowest BCUT2D eigenvalue weighted by Gasteiger charge is -2.37. The minimum atomic E-state index is -0.321. The molecule has 6 heteroatoms. The highest BCUT2D eigenvalue weighted by molar-refractivity contribution is 5.93. The Balaban J connectivity index is 1.46. The second-order valence-corrected chi connectivity index (χ2v) is 7.22. The standard InChI is InChI=1S/C20H23N3O3/c24-16-3-1-13(2-4-16)7-8-22-19(25)17-5-6-18-15-9-14(10-21-11-15)12-23(18)20(17)26/h1-6,14-15,21,24H,7-12H2,(H,22,25)/t14-,15+/m0/s1. The number of aromatic hydroxyl groups is 1. The van der Waals surface area contributed by atoms with Gasteiger partial charge in [0.05, 0.1) is 0 Å². The number of carbonyl (C=O) groups excluding carboxylic acids is 1. The lowest BCUT2D eigenvalue weighted by Crippen LogP contribution is -2.46. The van der Waals surface area contributed by atoms with E-state index < -0.39 is 0 Å². The average Bonchev–Trinajstić information content (AvgIpc) is 2.64. The van der Waals surface area contributed by atoms with Gasteiger partial charge in [0.2, 0.25) is 0 Å². The van der Waals surface area contributed by atoms with Crippen molar-refractivity contribution in [1.82, 2.24) is 15.2 Å². The number of aromatic nitrogens is 1. The summed E-state index contributed by atoms with van der Waals surface area (Å²) in [6.07, 6.45) is 1.76. The SMILES string of the molecule is O=C(NCCc1ccc(O)cc1)c1ccc2n(c1=O)C[C@@H]1CNC[C@H]2C1. The molecule has 0 aliphatic carbocycles. The zero-order valence-electron chi connectivity index (χ0n) is 14.6. The Labute approximate surface area is 151 Å². The number of amides is 1. The van der Waals surface area contributed by atoms with Crippen LogP contribution in [0.15, 0.2) is 41.2 Å². The normalized spacial score (nSPS) is 21.1. The molecule has 26 heavy (non-hydrogen) atoms. The van der Waals surface area contributed by atoms with Gasteiger partial charge in [-0.1, -0.05) is 12.1 Å². The smallest absolute Gasteiger partial charge is 0.263 e. The van der Waals surface area contributed by atoms with Crippen molar-refractivity contribution in [2.24, 2.45) is 5.92 Å². The molecule has 136 valence electrons. The molecule has 6 nitrogen and oxygen atoms in total. The summed E-state index contributed by atoms with van der Waals surface area (Å²) >= 11 is 0. The highest BCUT2D eigenvalue weighted by Crippen LogP contribution is 2.31. The lowest BCUT2D eigenvalue weighted by molar-refractivity contribution is 0.0951. The molecule has 2 aliphatic rings.